The average molecular weight is 850 g/mol. The molecule has 0 aliphatic carbocycles. The molecule has 53 heavy (non-hydrogen) atoms. The summed E-state index contributed by atoms with van der Waals surface area (Å²) < 4.78 is 608. The van der Waals surface area contributed by atoms with Crippen LogP contribution in [0.1, 0.15) is 314 Å². The molecule has 0 fully saturated rings. The van der Waals surface area contributed by atoms with E-state index in [9.17, 15) is 24.2 Å². The van der Waals surface area contributed by atoms with E-state index in [4.69, 9.17) is 101 Å². The number of esters is 2. The van der Waals surface area contributed by atoms with Gasteiger partial charge in [0, 0.05) is 109 Å². The van der Waals surface area contributed by atoms with E-state index in [0.717, 1.165) is 0 Å². The van der Waals surface area contributed by atoms with Crippen molar-refractivity contribution in [2.45, 2.75) is 230 Å². The summed E-state index contributed by atoms with van der Waals surface area (Å²) >= 11 is 0. The van der Waals surface area contributed by atoms with Gasteiger partial charge < -0.3 is 24.6 Å². The van der Waals surface area contributed by atoms with Crippen molar-refractivity contribution in [3.63, 3.8) is 0 Å². The fourth-order valence-corrected chi connectivity index (χ4v) is 2.72. The molecule has 0 heterocycles. The molecular formula is C42H83O10P. The van der Waals surface area contributed by atoms with Crippen molar-refractivity contribution >= 4 is 19.8 Å². The molecule has 0 aromatic carbocycles. The predicted molar refractivity (Wildman–Crippen MR) is 215 cm³/mol. The maximum absolute atomic E-state index is 14.0. The van der Waals surface area contributed by atoms with E-state index in [-0.39, 0.29) is 0 Å². The molecule has 0 saturated heterocycles. The molecule has 11 heteroatoms. The van der Waals surface area contributed by atoms with Gasteiger partial charge in [-0.2, -0.15) is 0 Å². The molecule has 0 rings (SSSR count). The summed E-state index contributed by atoms with van der Waals surface area (Å²) in [4.78, 5) is 38.0. The molecule has 10 nitrogen and oxygen atoms in total. The fraction of sp³-hybridized carbons (Fsp3) is 0.952. The van der Waals surface area contributed by atoms with Crippen molar-refractivity contribution in [1.29, 1.82) is 0 Å². The number of hydrogen-bond acceptors (Lipinski definition) is 9. The van der Waals surface area contributed by atoms with Gasteiger partial charge in [-0.15, -0.1) is 0 Å². The molecule has 3 N–H and O–H groups in total. The van der Waals surface area contributed by atoms with Crippen molar-refractivity contribution in [2.75, 3.05) is 26.4 Å². The molecular weight excluding hydrogens is 695 g/mol. The third kappa shape index (κ3) is 39.0. The molecule has 0 bridgehead atoms. The quantitative estimate of drug-likeness (QED) is 0.0400. The Morgan fingerprint density at radius 1 is 0.547 bits per heavy atom. The van der Waals surface area contributed by atoms with Crippen LogP contribution in [-0.4, -0.2) is 65.7 Å². The van der Waals surface area contributed by atoms with Crippen LogP contribution in [-0.2, 0) is 32.7 Å². The molecule has 0 aliphatic heterocycles. The SMILES string of the molecule is [2H]C([2H])([2H])C([2H])([2H])C([2H])([2H])C([2H])([2H])C([2H])([2H])C([2H])([2H])C([2H])([2H])C([2H])([2H])C([2H])([2H])C([2H])([2H])C([2H])([2H])C([2H])([2H])C([2H])([2H])C([2H])([2H])C([2H])([2H])C([2H])([2H])C([2H])([2H])C(=O)OC[C@H](COP(=O)(O)OCC(O)CO)OC(=O)C([2H])([2H])C([2H])([2H])C([2H])([2H])C([2H])([2H])C([2H])([2H])C([2H])([2H])C([2H])([2H])C([2H])([2H])C([2H])([2H])C([2H])([2H])C([2H])([2H])C([2H])([2H])C([2H])([2H])C([2H])([2H])C([2H])([2H])C([2H])([2H])C([2H])([2H])[2H]. The Hall–Kier alpha value is -1.03. The minimum atomic E-state index is -6.00. The monoisotopic (exact) mass is 849 g/mol. The Morgan fingerprint density at radius 3 is 1.26 bits per heavy atom. The zero-order valence-corrected chi connectivity index (χ0v) is 27.5. The average Bonchev–Trinajstić information content (AvgIpc) is 0.677. The fourth-order valence-electron chi connectivity index (χ4n) is 1.93. The van der Waals surface area contributed by atoms with Crippen LogP contribution in [0.3, 0.4) is 0 Å². The van der Waals surface area contributed by atoms with Gasteiger partial charge in [0.2, 0.25) is 0 Å². The Balaban J connectivity index is 8.36. The number of aliphatic hydroxyl groups excluding tert-OH is 2. The van der Waals surface area contributed by atoms with Crippen LogP contribution in [0.15, 0.2) is 0 Å². The van der Waals surface area contributed by atoms with E-state index < -0.39 is 276 Å². The normalized spacial score (nSPS) is 42.5. The topological polar surface area (TPSA) is 149 Å². The number of phosphoric ester groups is 1. The number of rotatable bonds is 42. The molecule has 0 saturated carbocycles. The summed E-state index contributed by atoms with van der Waals surface area (Å²) in [7, 11) is -6.00. The smallest absolute Gasteiger partial charge is 0.462 e. The van der Waals surface area contributed by atoms with Crippen molar-refractivity contribution in [3.8, 4) is 0 Å². The van der Waals surface area contributed by atoms with Gasteiger partial charge in [-0.3, -0.25) is 18.6 Å². The first-order valence-corrected chi connectivity index (χ1v) is 14.9. The van der Waals surface area contributed by atoms with Crippen molar-refractivity contribution in [2.24, 2.45) is 0 Å². The number of carbonyl (C=O) groups excluding carboxylic acids is 2. The lowest BCUT2D eigenvalue weighted by Crippen LogP contribution is -2.29. The number of aliphatic hydroxyl groups is 2. The maximum atomic E-state index is 14.0. The largest absolute Gasteiger partial charge is 0.472 e. The van der Waals surface area contributed by atoms with Gasteiger partial charge in [0.25, 0.3) is 0 Å². The Morgan fingerprint density at radius 2 is 0.887 bits per heavy atom. The highest BCUT2D eigenvalue weighted by Crippen LogP contribution is 2.43. The molecule has 0 aromatic heterocycles. The van der Waals surface area contributed by atoms with Crippen molar-refractivity contribution in [1.82, 2.24) is 0 Å². The number of ether oxygens (including phenoxy) is 2. The Kier molecular flexibility index (Phi) is 6.83. The highest BCUT2D eigenvalue weighted by molar-refractivity contribution is 7.47. The van der Waals surface area contributed by atoms with Gasteiger partial charge >= 0.3 is 19.8 Å². The second kappa shape index (κ2) is 39.2. The number of carbonyl (C=O) groups is 2. The van der Waals surface area contributed by atoms with Crippen LogP contribution in [0.2, 0.25) is 0 Å². The van der Waals surface area contributed by atoms with E-state index in [1.54, 1.807) is 0 Å². The van der Waals surface area contributed by atoms with Crippen LogP contribution in [0, 0.1) is 0 Å². The van der Waals surface area contributed by atoms with E-state index in [1.165, 1.54) is 0 Å². The zero-order valence-electron chi connectivity index (χ0n) is 96.6. The minimum Gasteiger partial charge on any atom is -0.462 e. The second-order valence-corrected chi connectivity index (χ2v) is 8.98. The van der Waals surface area contributed by atoms with Gasteiger partial charge in [0.1, 0.15) is 12.7 Å². The van der Waals surface area contributed by atoms with Gasteiger partial charge in [-0.1, -0.05) is 192 Å². The maximum Gasteiger partial charge on any atom is 0.472 e. The van der Waals surface area contributed by atoms with Gasteiger partial charge in [-0.05, 0) is 12.7 Å². The van der Waals surface area contributed by atoms with E-state index in [0.29, 0.717) is 0 Å². The van der Waals surface area contributed by atoms with E-state index in [1.807, 2.05) is 0 Å². The van der Waals surface area contributed by atoms with Gasteiger partial charge in [0.05, 0.1) is 19.8 Å². The number of hydrogen-bond donors (Lipinski definition) is 3. The van der Waals surface area contributed by atoms with Gasteiger partial charge in [-0.25, -0.2) is 4.57 Å². The van der Waals surface area contributed by atoms with Gasteiger partial charge in [0.15, 0.2) is 6.10 Å². The third-order valence-electron chi connectivity index (χ3n) is 3.82. The first kappa shape index (κ1) is 9.23. The molecule has 0 radical (unpaired) electrons. The predicted octanol–water partition coefficient (Wildman–Crippen LogP) is 11.5. The van der Waals surface area contributed by atoms with Crippen LogP contribution >= 0.6 is 7.82 Å². The molecule has 0 aliphatic rings. The molecule has 316 valence electrons. The van der Waals surface area contributed by atoms with Crippen LogP contribution in [0.5, 0.6) is 0 Å². The standard InChI is InChI=1S/C42H83O10P/c1-3-5-7-9-11-13-15-17-19-21-23-25-27-29-31-33-41(45)49-37-40(38-51-53(47,48)50-36-39(44)35-43)52-42(46)34-32-30-28-26-24-22-20-18-16-14-12-10-8-6-4-2/h39-40,43-44H,3-38H2,1-2H3,(H,47,48)/t39?,40-/m1/s1/i1D3,2D3,3D2,4D2,5D2,6D2,7D2,8D2,9D2,10D2,11D2,12D2,13D2,14D2,15D2,16D2,17D2,18D2,19D2,20D2,21D2,22D2,23D2,24D2,25D2,26D2,27D2,28D2,29D2,30D2,31D2,32D2,33D2,34D2. The van der Waals surface area contributed by atoms with E-state index in [2.05, 4.69) is 18.5 Å². The van der Waals surface area contributed by atoms with Crippen LogP contribution in [0.4, 0.5) is 0 Å². The summed E-state index contributed by atoms with van der Waals surface area (Å²) in [5.41, 5.74) is 0. The van der Waals surface area contributed by atoms with Crippen molar-refractivity contribution in [3.05, 3.63) is 0 Å². The Bertz CT molecular complexity index is 3800. The van der Waals surface area contributed by atoms with Crippen LogP contribution in [0.25, 0.3) is 0 Å². The molecule has 0 aromatic rings. The molecule has 0 amide bonds. The Labute approximate surface area is 423 Å². The second-order valence-electron chi connectivity index (χ2n) is 7.52. The lowest BCUT2D eigenvalue weighted by molar-refractivity contribution is -0.161. The van der Waals surface area contributed by atoms with E-state index >= 15 is 0 Å². The summed E-state index contributed by atoms with van der Waals surface area (Å²) in [5.74, 6) is -6.40. The summed E-state index contributed by atoms with van der Waals surface area (Å²) in [5, 5.41) is 18.7. The number of phosphoric acid groups is 1. The lowest BCUT2D eigenvalue weighted by atomic mass is 10.0. The molecule has 3 atom stereocenters. The minimum absolute atomic E-state index is 1.31. The first-order chi connectivity index (χ1) is 52.1. The lowest BCUT2D eigenvalue weighted by Gasteiger charge is -2.20. The third-order valence-corrected chi connectivity index (χ3v) is 4.77. The van der Waals surface area contributed by atoms with Crippen molar-refractivity contribution < 1.29 is 144 Å². The highest BCUT2D eigenvalue weighted by atomic mass is 31.2. The highest BCUT2D eigenvalue weighted by Gasteiger charge is 2.27. The summed E-state index contributed by atoms with van der Waals surface area (Å²) in [6.45, 7) is -16.0. The summed E-state index contributed by atoms with van der Waals surface area (Å²) in [6.07, 6.45) is -178. The molecule has 2 unspecified atom stereocenters. The van der Waals surface area contributed by atoms with Crippen LogP contribution < -0.4 is 0 Å². The first-order valence-electron chi connectivity index (χ1n) is 48.4. The zero-order chi connectivity index (χ0) is 101. The molecule has 0 spiro atoms. The summed E-state index contributed by atoms with van der Waals surface area (Å²) in [6, 6.07) is 0.